The summed E-state index contributed by atoms with van der Waals surface area (Å²) in [6.45, 7) is 2.43. The van der Waals surface area contributed by atoms with Gasteiger partial charge in [0.15, 0.2) is 0 Å². The molecule has 0 bridgehead atoms. The summed E-state index contributed by atoms with van der Waals surface area (Å²) < 4.78 is 0. The van der Waals surface area contributed by atoms with Gasteiger partial charge in [-0.2, -0.15) is 0 Å². The fourth-order valence-electron chi connectivity index (χ4n) is 7.18. The topological polar surface area (TPSA) is 23.9 Å². The zero-order chi connectivity index (χ0) is 28.3. The molecule has 3 aliphatic carbocycles. The molecule has 5 aromatic carbocycles. The van der Waals surface area contributed by atoms with E-state index in [9.17, 15) is 0 Å². The van der Waals surface area contributed by atoms with E-state index in [2.05, 4.69) is 140 Å². The summed E-state index contributed by atoms with van der Waals surface area (Å²) in [5.74, 6) is 0. The first-order valence-electron chi connectivity index (χ1n) is 14.8. The van der Waals surface area contributed by atoms with Crippen LogP contribution < -0.4 is 10.4 Å². The zero-order valence-electron chi connectivity index (χ0n) is 23.7. The Labute approximate surface area is 246 Å². The van der Waals surface area contributed by atoms with Gasteiger partial charge in [0.1, 0.15) is 0 Å². The first kappa shape index (κ1) is 24.8. The van der Waals surface area contributed by atoms with Gasteiger partial charge in [-0.1, -0.05) is 122 Å². The van der Waals surface area contributed by atoms with Crippen molar-refractivity contribution in [3.05, 3.63) is 172 Å². The number of benzene rings is 5. The van der Waals surface area contributed by atoms with Gasteiger partial charge in [-0.3, -0.25) is 0 Å². The van der Waals surface area contributed by atoms with E-state index in [0.29, 0.717) is 12.1 Å². The average molecular weight is 538 g/mol. The van der Waals surface area contributed by atoms with Crippen molar-refractivity contribution >= 4 is 44.0 Å². The summed E-state index contributed by atoms with van der Waals surface area (Å²) >= 11 is 0. The molecular formula is C41H31N. The Morgan fingerprint density at radius 3 is 2.02 bits per heavy atom. The molecule has 0 heterocycles. The average Bonchev–Trinajstić information content (AvgIpc) is 3.03. The molecule has 0 aliphatic heterocycles. The van der Waals surface area contributed by atoms with Crippen LogP contribution >= 0.6 is 0 Å². The predicted molar refractivity (Wildman–Crippen MR) is 178 cm³/mol. The third-order valence-corrected chi connectivity index (χ3v) is 9.31. The molecule has 0 spiro atoms. The van der Waals surface area contributed by atoms with Crippen molar-refractivity contribution < 1.29 is 0 Å². The van der Waals surface area contributed by atoms with Gasteiger partial charge in [0, 0.05) is 17.5 Å². The predicted octanol–water partition coefficient (Wildman–Crippen LogP) is 8.66. The number of nitrogens with one attached hydrogen (secondary N) is 1. The summed E-state index contributed by atoms with van der Waals surface area (Å²) in [6, 6.07) is 38.2. The highest BCUT2D eigenvalue weighted by Gasteiger charge is 2.39. The van der Waals surface area contributed by atoms with Crippen molar-refractivity contribution in [2.75, 3.05) is 0 Å². The number of allylic oxidation sites excluding steroid dienone is 8. The fourth-order valence-corrected chi connectivity index (χ4v) is 7.18. The molecule has 42 heavy (non-hydrogen) atoms. The molecule has 0 saturated carbocycles. The molecule has 0 radical (unpaired) electrons. The lowest BCUT2D eigenvalue weighted by atomic mass is 9.62. The molecule has 0 saturated heterocycles. The molecule has 0 aromatic heterocycles. The van der Waals surface area contributed by atoms with Crippen LogP contribution in [0.2, 0.25) is 0 Å². The van der Waals surface area contributed by atoms with E-state index in [0.717, 1.165) is 6.42 Å². The van der Waals surface area contributed by atoms with Gasteiger partial charge in [-0.15, -0.1) is 0 Å². The lowest BCUT2D eigenvalue weighted by Crippen LogP contribution is -2.42. The number of hydrogen-bond donors (Lipinski definition) is 1. The standard InChI is InChI=1S/C41H31N/c1-41-23-7-6-12-38(41)39(33-15-13-27-8-2-4-10-30(27)24-33)37-26-32(29-17-20-35(42)21-18-29)19-22-36(37)40(41)34-16-14-28-9-3-5-11-31(28)25-34/h2-20,22,24-26,42H,21,23H2,1H3. The number of rotatable bonds is 3. The molecular weight excluding hydrogens is 506 g/mol. The lowest BCUT2D eigenvalue weighted by Gasteiger charge is -2.41. The number of hydrogen-bond acceptors (Lipinski definition) is 1. The van der Waals surface area contributed by atoms with E-state index < -0.39 is 0 Å². The summed E-state index contributed by atoms with van der Waals surface area (Å²) in [7, 11) is 0. The smallest absolute Gasteiger partial charge is 0.0352 e. The molecule has 3 aliphatic rings. The first-order valence-corrected chi connectivity index (χ1v) is 14.8. The van der Waals surface area contributed by atoms with E-state index >= 15 is 0 Å². The summed E-state index contributed by atoms with van der Waals surface area (Å²) in [6.07, 6.45) is 14.8. The lowest BCUT2D eigenvalue weighted by molar-refractivity contribution is 0.547. The van der Waals surface area contributed by atoms with Gasteiger partial charge in [0.25, 0.3) is 0 Å². The van der Waals surface area contributed by atoms with Gasteiger partial charge in [0.05, 0.1) is 0 Å². The van der Waals surface area contributed by atoms with Crippen LogP contribution in [-0.4, -0.2) is 5.71 Å². The van der Waals surface area contributed by atoms with E-state index in [-0.39, 0.29) is 5.41 Å². The third kappa shape index (κ3) is 3.89. The molecule has 1 N–H and O–H groups in total. The fraction of sp³-hybridized carbons (Fsp3) is 0.0976. The molecule has 200 valence electrons. The van der Waals surface area contributed by atoms with Crippen LogP contribution in [0.3, 0.4) is 0 Å². The van der Waals surface area contributed by atoms with Gasteiger partial charge < -0.3 is 5.41 Å². The van der Waals surface area contributed by atoms with Crippen LogP contribution in [0.15, 0.2) is 145 Å². The summed E-state index contributed by atoms with van der Waals surface area (Å²) in [5.41, 5.74) is 9.50. The molecule has 1 nitrogen and oxygen atoms in total. The Hall–Kier alpha value is -5.01. The second-order valence-corrected chi connectivity index (χ2v) is 11.9. The maximum Gasteiger partial charge on any atom is 0.0352 e. The zero-order valence-corrected chi connectivity index (χ0v) is 23.7. The number of fused-ring (bicyclic) bond motifs is 4. The minimum Gasteiger partial charge on any atom is -0.305 e. The highest BCUT2D eigenvalue weighted by Crippen LogP contribution is 2.50. The van der Waals surface area contributed by atoms with Gasteiger partial charge >= 0.3 is 0 Å². The maximum atomic E-state index is 8.05. The van der Waals surface area contributed by atoms with Gasteiger partial charge in [-0.05, 0) is 102 Å². The highest BCUT2D eigenvalue weighted by atomic mass is 14.4. The van der Waals surface area contributed by atoms with E-state index in [4.69, 9.17) is 5.41 Å². The second kappa shape index (κ2) is 9.53. The summed E-state index contributed by atoms with van der Waals surface area (Å²) in [4.78, 5) is 0. The second-order valence-electron chi connectivity index (χ2n) is 11.9. The molecule has 0 fully saturated rings. The van der Waals surface area contributed by atoms with Gasteiger partial charge in [-0.25, -0.2) is 0 Å². The minimum absolute atomic E-state index is 0.175. The Kier molecular flexibility index (Phi) is 5.62. The van der Waals surface area contributed by atoms with Crippen molar-refractivity contribution in [2.24, 2.45) is 5.41 Å². The van der Waals surface area contributed by atoms with E-state index in [1.165, 1.54) is 71.0 Å². The molecule has 8 rings (SSSR count). The monoisotopic (exact) mass is 537 g/mol. The van der Waals surface area contributed by atoms with Crippen molar-refractivity contribution in [3.63, 3.8) is 0 Å². The Balaban J connectivity index is 1.51. The van der Waals surface area contributed by atoms with Crippen molar-refractivity contribution in [1.29, 1.82) is 5.41 Å². The maximum absolute atomic E-state index is 8.05. The molecule has 1 heteroatoms. The van der Waals surface area contributed by atoms with Crippen LogP contribution in [0.5, 0.6) is 0 Å². The van der Waals surface area contributed by atoms with Gasteiger partial charge in [0.2, 0.25) is 0 Å². The van der Waals surface area contributed by atoms with Crippen molar-refractivity contribution in [2.45, 2.75) is 19.8 Å². The van der Waals surface area contributed by atoms with Crippen LogP contribution in [0.25, 0.3) is 38.3 Å². The third-order valence-electron chi connectivity index (χ3n) is 9.31. The first-order chi connectivity index (χ1) is 20.6. The SMILES string of the molecule is CC12CC=CC=C1C(c1ccc3ccccc3c1)=c1cc(C3=CCC(=N)C=C3)ccc1=C2c1ccc2ccccc2c1. The normalized spacial score (nSPS) is 19.5. The molecule has 1 unspecified atom stereocenters. The molecule has 0 amide bonds. The quantitative estimate of drug-likeness (QED) is 0.238. The van der Waals surface area contributed by atoms with E-state index in [1.807, 2.05) is 6.08 Å². The molecule has 5 aromatic rings. The Morgan fingerprint density at radius 1 is 0.643 bits per heavy atom. The minimum atomic E-state index is -0.175. The van der Waals surface area contributed by atoms with Crippen LogP contribution in [0.4, 0.5) is 0 Å². The molecule has 1 atom stereocenters. The van der Waals surface area contributed by atoms with Crippen LogP contribution in [0.1, 0.15) is 36.5 Å². The van der Waals surface area contributed by atoms with Crippen LogP contribution in [-0.2, 0) is 0 Å². The Morgan fingerprint density at radius 2 is 1.31 bits per heavy atom. The van der Waals surface area contributed by atoms with Crippen LogP contribution in [0, 0.1) is 10.8 Å². The van der Waals surface area contributed by atoms with Crippen molar-refractivity contribution in [1.82, 2.24) is 0 Å². The summed E-state index contributed by atoms with van der Waals surface area (Å²) in [5, 5.41) is 15.7. The highest BCUT2D eigenvalue weighted by molar-refractivity contribution is 6.00. The largest absolute Gasteiger partial charge is 0.305 e. The Bertz CT molecular complexity index is 2220. The van der Waals surface area contributed by atoms with E-state index in [1.54, 1.807) is 0 Å². The van der Waals surface area contributed by atoms with Crippen molar-refractivity contribution in [3.8, 4) is 0 Å².